The number of benzene rings is 3. The van der Waals surface area contributed by atoms with Crippen molar-refractivity contribution in [1.82, 2.24) is 5.43 Å². The Hall–Kier alpha value is -3.60. The molecule has 0 saturated heterocycles. The Morgan fingerprint density at radius 3 is 2.29 bits per heavy atom. The van der Waals surface area contributed by atoms with Gasteiger partial charge in [-0.05, 0) is 47.5 Å². The molecule has 0 radical (unpaired) electrons. The molecule has 0 spiro atoms. The van der Waals surface area contributed by atoms with Gasteiger partial charge >= 0.3 is 0 Å². The highest BCUT2D eigenvalue weighted by Gasteiger charge is 2.04. The Balaban J connectivity index is 1.51. The molecule has 0 fully saturated rings. The van der Waals surface area contributed by atoms with Gasteiger partial charge in [0.2, 0.25) is 0 Å². The van der Waals surface area contributed by atoms with Crippen LogP contribution in [0.25, 0.3) is 0 Å². The lowest BCUT2D eigenvalue weighted by Crippen LogP contribution is -2.17. The number of rotatable bonds is 7. The summed E-state index contributed by atoms with van der Waals surface area (Å²) in [6.45, 7) is 0.489. The summed E-state index contributed by atoms with van der Waals surface area (Å²) in [5, 5.41) is 4.02. The highest BCUT2D eigenvalue weighted by atomic mass is 16.5. The van der Waals surface area contributed by atoms with E-state index in [1.807, 2.05) is 73.6 Å². The fourth-order valence-electron chi connectivity index (χ4n) is 2.53. The summed E-state index contributed by atoms with van der Waals surface area (Å²) in [6, 6.07) is 24.8. The molecule has 3 rings (SSSR count). The van der Waals surface area contributed by atoms with E-state index in [1.54, 1.807) is 30.5 Å². The summed E-state index contributed by atoms with van der Waals surface area (Å²) in [5.74, 6) is 0.445. The van der Waals surface area contributed by atoms with Gasteiger partial charge in [0.05, 0.1) is 6.21 Å². The molecule has 3 aromatic carbocycles. The monoisotopic (exact) mass is 373 g/mol. The van der Waals surface area contributed by atoms with Gasteiger partial charge in [0.25, 0.3) is 5.91 Å². The summed E-state index contributed by atoms with van der Waals surface area (Å²) >= 11 is 0. The van der Waals surface area contributed by atoms with E-state index < -0.39 is 0 Å². The fourth-order valence-corrected chi connectivity index (χ4v) is 2.53. The summed E-state index contributed by atoms with van der Waals surface area (Å²) in [4.78, 5) is 14.2. The molecule has 142 valence electrons. The molecule has 28 heavy (non-hydrogen) atoms. The Labute approximate surface area is 165 Å². The first kappa shape index (κ1) is 19.2. The number of hydrogen-bond donors (Lipinski definition) is 1. The van der Waals surface area contributed by atoms with E-state index in [0.717, 1.165) is 16.8 Å². The maximum Gasteiger partial charge on any atom is 0.271 e. The largest absolute Gasteiger partial charge is 0.489 e. The molecular formula is C23H23N3O2. The second-order valence-electron chi connectivity index (χ2n) is 6.48. The summed E-state index contributed by atoms with van der Waals surface area (Å²) in [7, 11) is 3.97. The zero-order valence-corrected chi connectivity index (χ0v) is 16.0. The molecule has 0 aliphatic carbocycles. The molecule has 0 saturated carbocycles. The first-order valence-electron chi connectivity index (χ1n) is 8.99. The molecular weight excluding hydrogens is 350 g/mol. The molecule has 0 aliphatic rings. The molecule has 0 atom stereocenters. The normalized spacial score (nSPS) is 10.6. The molecule has 5 nitrogen and oxygen atoms in total. The smallest absolute Gasteiger partial charge is 0.271 e. The molecule has 0 bridgehead atoms. The third-order valence-corrected chi connectivity index (χ3v) is 4.15. The van der Waals surface area contributed by atoms with Gasteiger partial charge in [0, 0.05) is 25.3 Å². The van der Waals surface area contributed by atoms with Gasteiger partial charge in [0.15, 0.2) is 0 Å². The van der Waals surface area contributed by atoms with Crippen LogP contribution in [0.2, 0.25) is 0 Å². The average molecular weight is 373 g/mol. The van der Waals surface area contributed by atoms with Crippen LogP contribution in [-0.2, 0) is 6.61 Å². The van der Waals surface area contributed by atoms with Crippen LogP contribution in [0.5, 0.6) is 5.75 Å². The van der Waals surface area contributed by atoms with Crippen LogP contribution in [0.15, 0.2) is 84.0 Å². The van der Waals surface area contributed by atoms with E-state index >= 15 is 0 Å². The number of ether oxygens (including phenoxy) is 1. The van der Waals surface area contributed by atoms with Crippen molar-refractivity contribution in [3.63, 3.8) is 0 Å². The van der Waals surface area contributed by atoms with Crippen LogP contribution in [0.3, 0.4) is 0 Å². The van der Waals surface area contributed by atoms with Crippen LogP contribution in [0, 0.1) is 0 Å². The number of anilines is 1. The van der Waals surface area contributed by atoms with Gasteiger partial charge in [-0.25, -0.2) is 5.43 Å². The Bertz CT molecular complexity index is 918. The van der Waals surface area contributed by atoms with E-state index in [4.69, 9.17) is 4.74 Å². The second kappa shape index (κ2) is 9.37. The zero-order valence-electron chi connectivity index (χ0n) is 16.0. The Morgan fingerprint density at radius 1 is 0.964 bits per heavy atom. The highest BCUT2D eigenvalue weighted by Crippen LogP contribution is 2.14. The number of hydrogen-bond acceptors (Lipinski definition) is 4. The first-order valence-corrected chi connectivity index (χ1v) is 8.99. The third kappa shape index (κ3) is 5.45. The maximum atomic E-state index is 12.2. The third-order valence-electron chi connectivity index (χ3n) is 4.15. The average Bonchev–Trinajstić information content (AvgIpc) is 2.73. The van der Waals surface area contributed by atoms with Gasteiger partial charge in [-0.3, -0.25) is 4.79 Å². The van der Waals surface area contributed by atoms with Crippen LogP contribution >= 0.6 is 0 Å². The van der Waals surface area contributed by atoms with E-state index in [2.05, 4.69) is 10.5 Å². The zero-order chi connectivity index (χ0) is 19.8. The van der Waals surface area contributed by atoms with Crippen molar-refractivity contribution >= 4 is 17.8 Å². The van der Waals surface area contributed by atoms with Gasteiger partial charge < -0.3 is 9.64 Å². The number of carbonyl (C=O) groups excluding carboxylic acids is 1. The molecule has 3 aromatic rings. The molecule has 1 N–H and O–H groups in total. The van der Waals surface area contributed by atoms with Crippen molar-refractivity contribution in [2.75, 3.05) is 19.0 Å². The highest BCUT2D eigenvalue weighted by molar-refractivity contribution is 5.95. The molecule has 5 heteroatoms. The van der Waals surface area contributed by atoms with Gasteiger partial charge in [-0.15, -0.1) is 0 Å². The molecule has 1 amide bonds. The van der Waals surface area contributed by atoms with Crippen molar-refractivity contribution in [2.45, 2.75) is 6.61 Å². The Morgan fingerprint density at radius 2 is 1.64 bits per heavy atom. The minimum absolute atomic E-state index is 0.268. The predicted octanol–water partition coefficient (Wildman–Crippen LogP) is 4.10. The SMILES string of the molecule is CN(C)c1ccc(C=NNC(=O)c2ccc(OCc3ccccc3)cc2)cc1. The minimum atomic E-state index is -0.268. The Kier molecular flexibility index (Phi) is 6.41. The van der Waals surface area contributed by atoms with Crippen molar-refractivity contribution < 1.29 is 9.53 Å². The lowest BCUT2D eigenvalue weighted by molar-refractivity contribution is 0.0955. The van der Waals surface area contributed by atoms with E-state index in [0.29, 0.717) is 17.9 Å². The van der Waals surface area contributed by atoms with Crippen molar-refractivity contribution in [1.29, 1.82) is 0 Å². The molecule has 0 unspecified atom stereocenters. The first-order chi connectivity index (χ1) is 13.6. The van der Waals surface area contributed by atoms with Crippen LogP contribution in [0.4, 0.5) is 5.69 Å². The van der Waals surface area contributed by atoms with Gasteiger partial charge in [-0.1, -0.05) is 42.5 Å². The lowest BCUT2D eigenvalue weighted by Gasteiger charge is -2.11. The fraction of sp³-hybridized carbons (Fsp3) is 0.130. The van der Waals surface area contributed by atoms with Crippen LogP contribution < -0.4 is 15.1 Å². The summed E-state index contributed by atoms with van der Waals surface area (Å²) in [5.41, 5.74) is 6.18. The number of carbonyl (C=O) groups is 1. The van der Waals surface area contributed by atoms with E-state index in [1.165, 1.54) is 0 Å². The molecule has 0 aromatic heterocycles. The van der Waals surface area contributed by atoms with Crippen molar-refractivity contribution in [3.05, 3.63) is 95.6 Å². The lowest BCUT2D eigenvalue weighted by atomic mass is 10.2. The summed E-state index contributed by atoms with van der Waals surface area (Å²) < 4.78 is 5.73. The number of nitrogens with one attached hydrogen (secondary N) is 1. The quantitative estimate of drug-likeness (QED) is 0.501. The number of hydrazone groups is 1. The predicted molar refractivity (Wildman–Crippen MR) is 113 cm³/mol. The second-order valence-corrected chi connectivity index (χ2v) is 6.48. The van der Waals surface area contributed by atoms with E-state index in [-0.39, 0.29) is 5.91 Å². The maximum absolute atomic E-state index is 12.2. The van der Waals surface area contributed by atoms with Gasteiger partial charge in [0.1, 0.15) is 12.4 Å². The topological polar surface area (TPSA) is 53.9 Å². The van der Waals surface area contributed by atoms with Crippen molar-refractivity contribution in [3.8, 4) is 5.75 Å². The minimum Gasteiger partial charge on any atom is -0.489 e. The van der Waals surface area contributed by atoms with Gasteiger partial charge in [-0.2, -0.15) is 5.10 Å². The number of nitrogens with zero attached hydrogens (tertiary/aromatic N) is 2. The van der Waals surface area contributed by atoms with Crippen LogP contribution in [0.1, 0.15) is 21.5 Å². The molecule has 0 heterocycles. The summed E-state index contributed by atoms with van der Waals surface area (Å²) in [6.07, 6.45) is 1.62. The van der Waals surface area contributed by atoms with Crippen molar-refractivity contribution in [2.24, 2.45) is 5.10 Å². The molecule has 0 aliphatic heterocycles. The van der Waals surface area contributed by atoms with Crippen LogP contribution in [-0.4, -0.2) is 26.2 Å². The number of amides is 1. The standard InChI is InChI=1S/C23H23N3O2/c1-26(2)21-12-8-18(9-13-21)16-24-25-23(27)20-10-14-22(15-11-20)28-17-19-6-4-3-5-7-19/h3-16H,17H2,1-2H3,(H,25,27). The van der Waals surface area contributed by atoms with E-state index in [9.17, 15) is 4.79 Å².